The van der Waals surface area contributed by atoms with E-state index in [0.29, 0.717) is 18.4 Å². The largest absolute Gasteiger partial charge is 0.459 e. The van der Waals surface area contributed by atoms with Gasteiger partial charge in [-0.2, -0.15) is 0 Å². The van der Waals surface area contributed by atoms with E-state index in [0.717, 1.165) is 11.3 Å². The maximum absolute atomic E-state index is 14.8. The van der Waals surface area contributed by atoms with E-state index in [9.17, 15) is 33.6 Å². The molecule has 3 aliphatic rings. The number of anilines is 1. The molecule has 0 bridgehead atoms. The Kier molecular flexibility index (Phi) is 13.3. The summed E-state index contributed by atoms with van der Waals surface area (Å²) in [7, 11) is 6.86. The van der Waals surface area contributed by atoms with Crippen LogP contribution >= 0.6 is 0 Å². The van der Waals surface area contributed by atoms with Gasteiger partial charge in [-0.25, -0.2) is 4.79 Å². The van der Waals surface area contributed by atoms with E-state index >= 15 is 0 Å². The number of nitrogens with zero attached hydrogens (tertiary/aromatic N) is 4. The molecule has 0 spiro atoms. The molecule has 3 saturated heterocycles. The predicted molar refractivity (Wildman–Crippen MR) is 203 cm³/mol. The van der Waals surface area contributed by atoms with Crippen LogP contribution in [0.25, 0.3) is 0 Å². The van der Waals surface area contributed by atoms with E-state index in [1.54, 1.807) is 37.3 Å². The maximum Gasteiger partial charge on any atom is 0.333 e. The first-order chi connectivity index (χ1) is 26.2. The normalized spacial score (nSPS) is 27.6. The van der Waals surface area contributed by atoms with Crippen LogP contribution in [0.2, 0.25) is 0 Å². The third kappa shape index (κ3) is 9.15. The molecule has 3 heterocycles. The molecule has 3 fully saturated rings. The average molecular weight is 760 g/mol. The van der Waals surface area contributed by atoms with E-state index in [-0.39, 0.29) is 44.6 Å². The predicted octanol–water partition coefficient (Wildman–Crippen LogP) is 0.959. The summed E-state index contributed by atoms with van der Waals surface area (Å²) in [5, 5.41) is 8.40. The zero-order chi connectivity index (χ0) is 40.0. The lowest BCUT2D eigenvalue weighted by atomic mass is 9.95. The molecular formula is C40H53N7O8. The van der Waals surface area contributed by atoms with Crippen LogP contribution in [0.15, 0.2) is 54.6 Å². The van der Waals surface area contributed by atoms with Crippen molar-refractivity contribution in [2.45, 2.75) is 94.7 Å². The highest BCUT2D eigenvalue weighted by Crippen LogP contribution is 2.26. The molecule has 55 heavy (non-hydrogen) atoms. The van der Waals surface area contributed by atoms with Crippen LogP contribution in [0.5, 0.6) is 0 Å². The molecule has 15 nitrogen and oxygen atoms in total. The van der Waals surface area contributed by atoms with E-state index in [1.165, 1.54) is 35.7 Å². The topological polar surface area (TPSA) is 178 Å². The highest BCUT2D eigenvalue weighted by atomic mass is 16.5. The van der Waals surface area contributed by atoms with Crippen LogP contribution in [0.1, 0.15) is 63.1 Å². The molecule has 15 heteroatoms. The Labute approximate surface area is 322 Å². The van der Waals surface area contributed by atoms with Crippen molar-refractivity contribution >= 4 is 47.0 Å². The van der Waals surface area contributed by atoms with Crippen LogP contribution in [-0.4, -0.2) is 134 Å². The van der Waals surface area contributed by atoms with Gasteiger partial charge >= 0.3 is 5.97 Å². The summed E-state index contributed by atoms with van der Waals surface area (Å²) in [6.45, 7) is 3.47. The fraction of sp³-hybridized carbons (Fsp3) is 0.525. The number of amides is 5. The first kappa shape index (κ1) is 40.9. The van der Waals surface area contributed by atoms with Gasteiger partial charge < -0.3 is 40.3 Å². The van der Waals surface area contributed by atoms with E-state index in [2.05, 4.69) is 16.0 Å². The van der Waals surface area contributed by atoms with Gasteiger partial charge in [-0.3, -0.25) is 28.8 Å². The monoisotopic (exact) mass is 759 g/mol. The summed E-state index contributed by atoms with van der Waals surface area (Å²) in [4.78, 5) is 104. The summed E-state index contributed by atoms with van der Waals surface area (Å²) in [6.07, 6.45) is -0.142. The third-order valence-electron chi connectivity index (χ3n) is 10.9. The smallest absolute Gasteiger partial charge is 0.333 e. The van der Waals surface area contributed by atoms with Crippen LogP contribution < -0.4 is 20.9 Å². The lowest BCUT2D eigenvalue weighted by molar-refractivity contribution is -0.157. The highest BCUT2D eigenvalue weighted by molar-refractivity contribution is 5.99. The van der Waals surface area contributed by atoms with Crippen LogP contribution in [0.4, 0.5) is 5.69 Å². The Hall–Kier alpha value is -5.31. The van der Waals surface area contributed by atoms with Crippen molar-refractivity contribution in [3.8, 4) is 0 Å². The van der Waals surface area contributed by atoms with Gasteiger partial charge in [-0.05, 0) is 56.5 Å². The standard InChI is InChI=1S/C40H53N7O8/c1-7-29-37(51)46-20-11-14-30(46)38(52)45(6)32(22-25-15-17-27(18-16-25)44(4)5)39(53)47-21-19-28(48)23-31(47)35(49)43-34(26-12-9-8-10-13-26)40(54)55-24(2)33(41-3)36(50)42-29/h8-10,12-13,15-18,24,29-34,41H,7,11,14,19-23H2,1-6H3,(H,42,50)(H,43,49)/t24-,29-,30+,31+,32+,33+,34+/m1/s1. The number of fused-ring (bicyclic) bond motifs is 2. The number of cyclic esters (lactones) is 1. The molecule has 0 aliphatic carbocycles. The second-order valence-electron chi connectivity index (χ2n) is 14.7. The number of benzene rings is 2. The molecule has 3 N–H and O–H groups in total. The number of likely N-dealkylation sites (N-methyl/N-ethyl adjacent to an activating group) is 2. The first-order valence-electron chi connectivity index (χ1n) is 18.9. The van der Waals surface area contributed by atoms with Crippen LogP contribution in [0, 0.1) is 0 Å². The van der Waals surface area contributed by atoms with Gasteiger partial charge in [0, 0.05) is 59.2 Å². The number of carbonyl (C=O) groups excluding carboxylic acids is 7. The second kappa shape index (κ2) is 17.9. The first-order valence-corrected chi connectivity index (χ1v) is 18.9. The Morgan fingerprint density at radius 3 is 2.15 bits per heavy atom. The zero-order valence-electron chi connectivity index (χ0n) is 32.4. The molecule has 0 aromatic heterocycles. The van der Waals surface area contributed by atoms with Gasteiger partial charge in [0.1, 0.15) is 42.1 Å². The number of ketones is 1. The Balaban J connectivity index is 1.60. The third-order valence-corrected chi connectivity index (χ3v) is 10.9. The number of rotatable bonds is 6. The summed E-state index contributed by atoms with van der Waals surface area (Å²) in [5.74, 6) is -3.88. The number of hydrogen-bond acceptors (Lipinski definition) is 10. The minimum Gasteiger partial charge on any atom is -0.459 e. The number of esters is 1. The van der Waals surface area contributed by atoms with Gasteiger partial charge in [0.2, 0.25) is 29.5 Å². The molecule has 7 atom stereocenters. The number of ether oxygens (including phenoxy) is 1. The number of Topliss-reactive ketones (excluding diaryl/α,β-unsaturated/α-hetero) is 1. The van der Waals surface area contributed by atoms with Crippen molar-refractivity contribution in [3.63, 3.8) is 0 Å². The molecule has 2 aromatic rings. The fourth-order valence-corrected chi connectivity index (χ4v) is 7.60. The van der Waals surface area contributed by atoms with Gasteiger partial charge in [0.15, 0.2) is 6.04 Å². The maximum atomic E-state index is 14.8. The average Bonchev–Trinajstić information content (AvgIpc) is 3.67. The molecular weight excluding hydrogens is 706 g/mol. The Bertz CT molecular complexity index is 1750. The molecule has 5 amide bonds. The van der Waals surface area contributed by atoms with Gasteiger partial charge in [0.05, 0.1) is 0 Å². The molecule has 0 unspecified atom stereocenters. The van der Waals surface area contributed by atoms with Crippen molar-refractivity contribution < 1.29 is 38.3 Å². The van der Waals surface area contributed by atoms with Crippen molar-refractivity contribution in [3.05, 3.63) is 65.7 Å². The lowest BCUT2D eigenvalue weighted by Gasteiger charge is -2.40. The SMILES string of the molecule is CC[C@H]1NC(=O)[C@@H](NC)[C@@H](C)OC(=O)[C@H](c2ccccc2)NC(=O)[C@@H]2CC(=O)CCN2C(=O)[C@H](Cc2ccc(N(C)C)cc2)N(C)C(=O)[C@@H]2CCCN2C1=O. The molecule has 3 aliphatic heterocycles. The highest BCUT2D eigenvalue weighted by Gasteiger charge is 2.45. The zero-order valence-corrected chi connectivity index (χ0v) is 32.4. The molecule has 0 radical (unpaired) electrons. The summed E-state index contributed by atoms with van der Waals surface area (Å²) < 4.78 is 5.81. The minimum absolute atomic E-state index is 0.00878. The van der Waals surface area contributed by atoms with Crippen molar-refractivity contribution in [2.75, 3.05) is 46.2 Å². The van der Waals surface area contributed by atoms with Gasteiger partial charge in [0.25, 0.3) is 0 Å². The number of nitrogens with one attached hydrogen (secondary N) is 3. The van der Waals surface area contributed by atoms with Crippen LogP contribution in [0.3, 0.4) is 0 Å². The van der Waals surface area contributed by atoms with Crippen molar-refractivity contribution in [2.24, 2.45) is 0 Å². The number of piperidine rings is 1. The van der Waals surface area contributed by atoms with Crippen molar-refractivity contribution in [1.82, 2.24) is 30.7 Å². The summed E-state index contributed by atoms with van der Waals surface area (Å²) in [6, 6.07) is 9.19. The molecule has 2 aromatic carbocycles. The molecule has 0 saturated carbocycles. The van der Waals surface area contributed by atoms with Crippen LogP contribution in [-0.2, 0) is 44.7 Å². The Morgan fingerprint density at radius 2 is 1.51 bits per heavy atom. The number of hydrogen-bond donors (Lipinski definition) is 3. The minimum atomic E-state index is -1.36. The molecule has 5 rings (SSSR count). The second-order valence-corrected chi connectivity index (χ2v) is 14.7. The van der Waals surface area contributed by atoms with Gasteiger partial charge in [-0.1, -0.05) is 49.4 Å². The van der Waals surface area contributed by atoms with E-state index in [4.69, 9.17) is 4.74 Å². The lowest BCUT2D eigenvalue weighted by Crippen LogP contribution is -2.61. The van der Waals surface area contributed by atoms with E-state index < -0.39 is 77.9 Å². The summed E-state index contributed by atoms with van der Waals surface area (Å²) in [5.41, 5.74) is 2.07. The molecule has 296 valence electrons. The summed E-state index contributed by atoms with van der Waals surface area (Å²) >= 11 is 0. The fourth-order valence-electron chi connectivity index (χ4n) is 7.60. The van der Waals surface area contributed by atoms with Crippen molar-refractivity contribution in [1.29, 1.82) is 0 Å². The quantitative estimate of drug-likeness (QED) is 0.360. The van der Waals surface area contributed by atoms with Gasteiger partial charge in [-0.15, -0.1) is 0 Å². The van der Waals surface area contributed by atoms with E-state index in [1.807, 2.05) is 43.3 Å². The Morgan fingerprint density at radius 1 is 0.836 bits per heavy atom. The number of carbonyl (C=O) groups is 7.